The summed E-state index contributed by atoms with van der Waals surface area (Å²) in [5, 5.41) is 30.8. The maximum absolute atomic E-state index is 12.6. The highest BCUT2D eigenvalue weighted by Gasteiger charge is 2.50. The fourth-order valence-corrected chi connectivity index (χ4v) is 3.96. The number of carbonyl (C=O) groups excluding carboxylic acids is 2. The Bertz CT molecular complexity index is 945. The third-order valence-corrected chi connectivity index (χ3v) is 5.08. The van der Waals surface area contributed by atoms with E-state index in [0.29, 0.717) is 0 Å². The van der Waals surface area contributed by atoms with Crippen LogP contribution in [0.4, 0.5) is 0 Å². The topological polar surface area (TPSA) is 140 Å². The summed E-state index contributed by atoms with van der Waals surface area (Å²) in [6.45, 7) is 1.52. The normalized spacial score (nSPS) is 28.9. The Labute approximate surface area is 152 Å². The number of phenolic OH excluding ortho intramolecular Hbond substituents is 2. The van der Waals surface area contributed by atoms with Crippen molar-refractivity contribution < 1.29 is 43.9 Å². The molecule has 0 radical (unpaired) electrons. The molecule has 9 heteroatoms. The smallest absolute Gasteiger partial charge is 0.333 e. The summed E-state index contributed by atoms with van der Waals surface area (Å²) in [5.74, 6) is -5.18. The minimum atomic E-state index is -1.36. The number of carboxylic acid groups (broad SMARTS) is 1. The van der Waals surface area contributed by atoms with Crippen molar-refractivity contribution in [1.82, 2.24) is 0 Å². The Balaban J connectivity index is 1.95. The molecule has 1 fully saturated rings. The molecule has 0 aromatic heterocycles. The first kappa shape index (κ1) is 17.5. The molecule has 9 nitrogen and oxygen atoms in total. The standard InChI is InChI=1S/C18H16O9/c1-18-5-6-11(8(26-18)4-10(27-18)17(23)24)16(22)12-7(19)3-9(25-2)15(21)13(12)14(6)20/h3,8,10,20,22H,4-5H2,1-2H3,(H,23,24)/t8-,10+,18+/m1/s1. The number of methoxy groups -OCH3 is 1. The SMILES string of the molecule is COC1=CC(=O)c2c(O)c3c(c(O)c2C1=O)C[C@]1(C)O[C@H](C(=O)O)C[C@H]3O1. The zero-order valence-corrected chi connectivity index (χ0v) is 14.4. The van der Waals surface area contributed by atoms with Gasteiger partial charge in [-0.1, -0.05) is 0 Å². The van der Waals surface area contributed by atoms with Crippen molar-refractivity contribution in [2.24, 2.45) is 0 Å². The molecule has 2 aliphatic heterocycles. The van der Waals surface area contributed by atoms with Crippen molar-refractivity contribution in [1.29, 1.82) is 0 Å². The predicted molar refractivity (Wildman–Crippen MR) is 86.6 cm³/mol. The number of aliphatic carboxylic acids is 1. The number of fused-ring (bicyclic) bond motifs is 5. The van der Waals surface area contributed by atoms with Crippen molar-refractivity contribution in [2.75, 3.05) is 7.11 Å². The molecule has 3 atom stereocenters. The number of hydrogen-bond donors (Lipinski definition) is 3. The highest BCUT2D eigenvalue weighted by atomic mass is 16.7. The number of carboxylic acids is 1. The monoisotopic (exact) mass is 376 g/mol. The third-order valence-electron chi connectivity index (χ3n) is 5.08. The van der Waals surface area contributed by atoms with Crippen LogP contribution in [0.3, 0.4) is 0 Å². The molecule has 1 aromatic rings. The molecule has 1 aliphatic carbocycles. The molecule has 2 heterocycles. The van der Waals surface area contributed by atoms with Crippen LogP contribution in [0.15, 0.2) is 11.8 Å². The number of rotatable bonds is 2. The third kappa shape index (κ3) is 2.35. The second kappa shape index (κ2) is 5.54. The van der Waals surface area contributed by atoms with Gasteiger partial charge in [-0.3, -0.25) is 9.59 Å². The molecule has 4 rings (SSSR count). The molecule has 27 heavy (non-hydrogen) atoms. The Kier molecular flexibility index (Phi) is 3.59. The molecule has 3 N–H and O–H groups in total. The van der Waals surface area contributed by atoms with Gasteiger partial charge in [0, 0.05) is 30.0 Å². The van der Waals surface area contributed by atoms with Gasteiger partial charge >= 0.3 is 5.97 Å². The van der Waals surface area contributed by atoms with Crippen LogP contribution in [-0.2, 0) is 25.4 Å². The van der Waals surface area contributed by atoms with E-state index in [0.717, 1.165) is 6.08 Å². The van der Waals surface area contributed by atoms with E-state index >= 15 is 0 Å². The molecule has 3 aliphatic rings. The van der Waals surface area contributed by atoms with Crippen LogP contribution in [0.5, 0.6) is 11.5 Å². The van der Waals surface area contributed by atoms with Crippen molar-refractivity contribution in [3.63, 3.8) is 0 Å². The number of ketones is 2. The van der Waals surface area contributed by atoms with Gasteiger partial charge in [-0.05, 0) is 6.92 Å². The molecule has 1 saturated heterocycles. The predicted octanol–water partition coefficient (Wildman–Crippen LogP) is 1.21. The van der Waals surface area contributed by atoms with Gasteiger partial charge in [-0.15, -0.1) is 0 Å². The van der Waals surface area contributed by atoms with E-state index in [2.05, 4.69) is 0 Å². The van der Waals surface area contributed by atoms with E-state index in [9.17, 15) is 29.7 Å². The molecule has 0 unspecified atom stereocenters. The van der Waals surface area contributed by atoms with Gasteiger partial charge in [0.05, 0.1) is 24.3 Å². The van der Waals surface area contributed by atoms with Crippen LogP contribution in [0.2, 0.25) is 0 Å². The first-order chi connectivity index (χ1) is 12.7. The highest BCUT2D eigenvalue weighted by molar-refractivity contribution is 6.26. The molecular weight excluding hydrogens is 360 g/mol. The van der Waals surface area contributed by atoms with Gasteiger partial charge in [0.2, 0.25) is 5.78 Å². The number of ether oxygens (including phenoxy) is 3. The summed E-state index contributed by atoms with van der Waals surface area (Å²) in [5.41, 5.74) is -0.391. The van der Waals surface area contributed by atoms with Crippen molar-refractivity contribution in [3.8, 4) is 11.5 Å². The van der Waals surface area contributed by atoms with Gasteiger partial charge in [0.1, 0.15) is 11.5 Å². The number of Topliss-reactive ketones (excluding diaryl/α,β-unsaturated/α-hetero) is 1. The van der Waals surface area contributed by atoms with Crippen molar-refractivity contribution in [2.45, 2.75) is 37.8 Å². The molecule has 0 saturated carbocycles. The lowest BCUT2D eigenvalue weighted by atomic mass is 9.80. The summed E-state index contributed by atoms with van der Waals surface area (Å²) in [7, 11) is 1.22. The van der Waals surface area contributed by atoms with Crippen LogP contribution in [0.25, 0.3) is 0 Å². The number of benzene rings is 1. The zero-order chi connectivity index (χ0) is 19.7. The fraction of sp³-hybridized carbons (Fsp3) is 0.389. The number of allylic oxidation sites excluding steroid dienone is 2. The second-order valence-corrected chi connectivity index (χ2v) is 6.84. The van der Waals surface area contributed by atoms with E-state index in [1.807, 2.05) is 0 Å². The minimum absolute atomic E-state index is 0.105. The summed E-state index contributed by atoms with van der Waals surface area (Å²) in [4.78, 5) is 36.4. The lowest BCUT2D eigenvalue weighted by Gasteiger charge is -2.46. The Hall–Kier alpha value is -2.91. The lowest BCUT2D eigenvalue weighted by Crippen LogP contribution is -2.50. The number of carbonyl (C=O) groups is 3. The van der Waals surface area contributed by atoms with E-state index < -0.39 is 47.0 Å². The highest BCUT2D eigenvalue weighted by Crippen LogP contribution is 2.53. The van der Waals surface area contributed by atoms with Crippen LogP contribution in [0, 0.1) is 0 Å². The Morgan fingerprint density at radius 1 is 1.22 bits per heavy atom. The average molecular weight is 376 g/mol. The Morgan fingerprint density at radius 3 is 2.56 bits per heavy atom. The molecule has 2 bridgehead atoms. The van der Waals surface area contributed by atoms with E-state index in [1.54, 1.807) is 0 Å². The van der Waals surface area contributed by atoms with Gasteiger partial charge in [0.15, 0.2) is 23.4 Å². The maximum atomic E-state index is 12.6. The zero-order valence-electron chi connectivity index (χ0n) is 14.4. The first-order valence-electron chi connectivity index (χ1n) is 8.20. The summed E-state index contributed by atoms with van der Waals surface area (Å²) in [6.07, 6.45) is -1.38. The lowest BCUT2D eigenvalue weighted by molar-refractivity contribution is -0.314. The average Bonchev–Trinajstić information content (AvgIpc) is 2.59. The van der Waals surface area contributed by atoms with Crippen LogP contribution in [-0.4, -0.2) is 51.9 Å². The summed E-state index contributed by atoms with van der Waals surface area (Å²) in [6, 6.07) is 0. The van der Waals surface area contributed by atoms with Crippen LogP contribution in [0.1, 0.15) is 51.3 Å². The molecule has 1 aromatic carbocycles. The molecule has 0 amide bonds. The quantitative estimate of drug-likeness (QED) is 0.650. The van der Waals surface area contributed by atoms with Gasteiger partial charge in [-0.25, -0.2) is 4.79 Å². The van der Waals surface area contributed by atoms with E-state index in [1.165, 1.54) is 14.0 Å². The van der Waals surface area contributed by atoms with E-state index in [-0.39, 0.29) is 40.9 Å². The van der Waals surface area contributed by atoms with Crippen LogP contribution < -0.4 is 0 Å². The van der Waals surface area contributed by atoms with Crippen LogP contribution >= 0.6 is 0 Å². The molecule has 0 spiro atoms. The first-order valence-corrected chi connectivity index (χ1v) is 8.20. The van der Waals surface area contributed by atoms with Gasteiger partial charge in [-0.2, -0.15) is 0 Å². The molecule has 142 valence electrons. The largest absolute Gasteiger partial charge is 0.507 e. The fourth-order valence-electron chi connectivity index (χ4n) is 3.96. The Morgan fingerprint density at radius 2 is 1.93 bits per heavy atom. The number of phenols is 2. The summed E-state index contributed by atoms with van der Waals surface area (Å²) < 4.78 is 16.1. The van der Waals surface area contributed by atoms with Crippen molar-refractivity contribution in [3.05, 3.63) is 34.1 Å². The molecular formula is C18H16O9. The number of aromatic hydroxyl groups is 2. The maximum Gasteiger partial charge on any atom is 0.333 e. The van der Waals surface area contributed by atoms with E-state index in [4.69, 9.17) is 14.2 Å². The second-order valence-electron chi connectivity index (χ2n) is 6.84. The number of hydrogen-bond acceptors (Lipinski definition) is 8. The van der Waals surface area contributed by atoms with Crippen molar-refractivity contribution >= 4 is 17.5 Å². The van der Waals surface area contributed by atoms with Gasteiger partial charge < -0.3 is 29.5 Å². The minimum Gasteiger partial charge on any atom is -0.507 e. The summed E-state index contributed by atoms with van der Waals surface area (Å²) >= 11 is 0. The van der Waals surface area contributed by atoms with Gasteiger partial charge in [0.25, 0.3) is 0 Å².